The highest BCUT2D eigenvalue weighted by Crippen LogP contribution is 2.38. The number of carboxylic acid groups (broad SMARTS) is 1. The number of halogens is 3. The summed E-state index contributed by atoms with van der Waals surface area (Å²) in [6.45, 7) is 8.47. The highest BCUT2D eigenvalue weighted by atomic mass is 19.4. The van der Waals surface area contributed by atoms with E-state index in [0.717, 1.165) is 65.6 Å². The molecule has 2 aromatic heterocycles. The van der Waals surface area contributed by atoms with E-state index in [1.807, 2.05) is 54.6 Å². The van der Waals surface area contributed by atoms with Crippen LogP contribution in [0.5, 0.6) is 11.5 Å². The largest absolute Gasteiger partial charge is 0.490 e. The third-order valence-electron chi connectivity index (χ3n) is 9.77. The maximum Gasteiger partial charge on any atom is 0.490 e. The number of nitrogens with zero attached hydrogens (tertiary/aromatic N) is 6. The SMILES string of the molecule is Nc1ncnc2c1c(-c1ccc(Oc3ccccc3)cc1)nn2C1CCC(N2CCC(CN3CCNCC3)CC2)CC1.O=C(O)C(F)(F)F. The number of aromatic nitrogens is 4. The van der Waals surface area contributed by atoms with Crippen molar-refractivity contribution in [1.29, 1.82) is 0 Å². The Bertz CT molecular complexity index is 1660. The van der Waals surface area contributed by atoms with Gasteiger partial charge in [0.1, 0.15) is 29.3 Å². The van der Waals surface area contributed by atoms with Crippen molar-refractivity contribution >= 4 is 22.8 Å². The predicted molar refractivity (Wildman–Crippen MR) is 180 cm³/mol. The molecule has 0 spiro atoms. The minimum atomic E-state index is -5.08. The van der Waals surface area contributed by atoms with E-state index in [2.05, 4.69) is 29.8 Å². The number of nitrogens with one attached hydrogen (secondary N) is 1. The fraction of sp³-hybridized carbons (Fsp3) is 0.486. The van der Waals surface area contributed by atoms with Gasteiger partial charge in [-0.2, -0.15) is 18.3 Å². The number of benzene rings is 2. The molecule has 0 bridgehead atoms. The molecule has 4 N–H and O–H groups in total. The minimum Gasteiger partial charge on any atom is -0.475 e. The highest BCUT2D eigenvalue weighted by Gasteiger charge is 2.38. The van der Waals surface area contributed by atoms with Crippen LogP contribution in [0.4, 0.5) is 19.0 Å². The first-order chi connectivity index (χ1) is 23.7. The maximum absolute atomic E-state index is 10.6. The number of carbonyl (C=O) groups is 1. The number of nitrogens with two attached hydrogens (primary N) is 1. The third kappa shape index (κ3) is 8.67. The van der Waals surface area contributed by atoms with Gasteiger partial charge in [0.15, 0.2) is 5.65 Å². The Morgan fingerprint density at radius 3 is 2.12 bits per heavy atom. The Balaban J connectivity index is 0.000000540. The zero-order valence-corrected chi connectivity index (χ0v) is 27.4. The maximum atomic E-state index is 10.6. The quantitative estimate of drug-likeness (QED) is 0.226. The molecule has 0 amide bonds. The Morgan fingerprint density at radius 2 is 1.49 bits per heavy atom. The second kappa shape index (κ2) is 15.5. The van der Waals surface area contributed by atoms with Crippen molar-refractivity contribution in [2.75, 3.05) is 51.5 Å². The summed E-state index contributed by atoms with van der Waals surface area (Å²) in [5.41, 5.74) is 9.07. The number of anilines is 1. The van der Waals surface area contributed by atoms with Crippen LogP contribution in [0.2, 0.25) is 0 Å². The summed E-state index contributed by atoms with van der Waals surface area (Å²) < 4.78 is 39.9. The van der Waals surface area contributed by atoms with Crippen LogP contribution in [0.3, 0.4) is 0 Å². The minimum absolute atomic E-state index is 0.317. The number of nitrogen functional groups attached to an aromatic ring is 1. The van der Waals surface area contributed by atoms with E-state index in [4.69, 9.17) is 25.5 Å². The first-order valence-corrected chi connectivity index (χ1v) is 16.9. The molecule has 2 aromatic carbocycles. The normalized spacial score (nSPS) is 21.2. The van der Waals surface area contributed by atoms with Gasteiger partial charge in [0.05, 0.1) is 11.4 Å². The second-order valence-electron chi connectivity index (χ2n) is 13.0. The van der Waals surface area contributed by atoms with E-state index in [-0.39, 0.29) is 0 Å². The van der Waals surface area contributed by atoms with Gasteiger partial charge in [-0.15, -0.1) is 0 Å². The molecule has 0 unspecified atom stereocenters. The molecular weight excluding hydrogens is 637 g/mol. The molecule has 14 heteroatoms. The van der Waals surface area contributed by atoms with Gasteiger partial charge < -0.3 is 30.7 Å². The van der Waals surface area contributed by atoms with Gasteiger partial charge in [-0.1, -0.05) is 18.2 Å². The van der Waals surface area contributed by atoms with Crippen molar-refractivity contribution in [2.24, 2.45) is 5.92 Å². The zero-order valence-electron chi connectivity index (χ0n) is 27.4. The van der Waals surface area contributed by atoms with E-state index >= 15 is 0 Å². The summed E-state index contributed by atoms with van der Waals surface area (Å²) in [5.74, 6) is 0.168. The van der Waals surface area contributed by atoms with Crippen molar-refractivity contribution in [3.05, 3.63) is 60.9 Å². The fourth-order valence-corrected chi connectivity index (χ4v) is 7.19. The van der Waals surface area contributed by atoms with Crippen LogP contribution < -0.4 is 15.8 Å². The molecule has 262 valence electrons. The lowest BCUT2D eigenvalue weighted by Gasteiger charge is -2.42. The van der Waals surface area contributed by atoms with Gasteiger partial charge in [-0.25, -0.2) is 19.4 Å². The van der Waals surface area contributed by atoms with Gasteiger partial charge in [0.2, 0.25) is 0 Å². The molecule has 3 aliphatic rings. The van der Waals surface area contributed by atoms with Crippen molar-refractivity contribution in [2.45, 2.75) is 56.8 Å². The first kappa shape index (κ1) is 34.6. The summed E-state index contributed by atoms with van der Waals surface area (Å²) in [7, 11) is 0. The Labute approximate surface area is 283 Å². The number of hydrogen-bond acceptors (Lipinski definition) is 9. The molecule has 2 aliphatic heterocycles. The van der Waals surface area contributed by atoms with Crippen molar-refractivity contribution in [1.82, 2.24) is 34.9 Å². The molecule has 4 heterocycles. The monoisotopic (exact) mass is 680 g/mol. The lowest BCUT2D eigenvalue weighted by molar-refractivity contribution is -0.192. The van der Waals surface area contributed by atoms with Gasteiger partial charge in [0.25, 0.3) is 0 Å². The van der Waals surface area contributed by atoms with Crippen LogP contribution >= 0.6 is 0 Å². The molecular formula is C35H43F3N8O3. The summed E-state index contributed by atoms with van der Waals surface area (Å²) in [6.07, 6.45) is 3.77. The molecule has 7 rings (SSSR count). The number of fused-ring (bicyclic) bond motifs is 1. The Hall–Kier alpha value is -4.27. The van der Waals surface area contributed by atoms with E-state index in [0.29, 0.717) is 17.9 Å². The van der Waals surface area contributed by atoms with Crippen LogP contribution in [0.1, 0.15) is 44.6 Å². The Kier molecular flexibility index (Phi) is 11.0. The second-order valence-corrected chi connectivity index (χ2v) is 13.0. The van der Waals surface area contributed by atoms with E-state index < -0.39 is 12.1 Å². The van der Waals surface area contributed by atoms with Gasteiger partial charge in [0, 0.05) is 44.3 Å². The number of piperidine rings is 1. The van der Waals surface area contributed by atoms with Crippen molar-refractivity contribution in [3.8, 4) is 22.8 Å². The van der Waals surface area contributed by atoms with Crippen LogP contribution in [-0.4, -0.2) is 98.7 Å². The smallest absolute Gasteiger partial charge is 0.475 e. The average molecular weight is 681 g/mol. The molecule has 0 radical (unpaired) electrons. The van der Waals surface area contributed by atoms with E-state index in [1.165, 1.54) is 58.4 Å². The van der Waals surface area contributed by atoms with Gasteiger partial charge in [-0.3, -0.25) is 0 Å². The number of likely N-dealkylation sites (tertiary alicyclic amines) is 1. The molecule has 49 heavy (non-hydrogen) atoms. The standard InChI is InChI=1S/C33H42N8O.C2HF3O2/c34-32-30-31(25-6-12-29(13-7-25)42-28-4-2-1-3-5-28)38-41(33(30)37-23-36-32)27-10-8-26(9-11-27)40-18-14-24(15-19-40)22-39-20-16-35-17-21-39;3-2(4,5)1(6)7/h1-7,12-13,23-24,26-27,35H,8-11,14-22H2,(H2,34,36,37);(H,6,7). The molecule has 4 aromatic rings. The summed E-state index contributed by atoms with van der Waals surface area (Å²) >= 11 is 0. The summed E-state index contributed by atoms with van der Waals surface area (Å²) in [5, 5.41) is 16.6. The summed E-state index contributed by atoms with van der Waals surface area (Å²) in [4.78, 5) is 23.3. The van der Waals surface area contributed by atoms with Crippen molar-refractivity contribution in [3.63, 3.8) is 0 Å². The van der Waals surface area contributed by atoms with Crippen LogP contribution in [0.25, 0.3) is 22.3 Å². The first-order valence-electron chi connectivity index (χ1n) is 16.9. The van der Waals surface area contributed by atoms with Gasteiger partial charge in [-0.05, 0) is 93.9 Å². The number of para-hydroxylation sites is 1. The average Bonchev–Trinajstić information content (AvgIpc) is 3.51. The topological polar surface area (TPSA) is 135 Å². The molecule has 2 saturated heterocycles. The number of alkyl halides is 3. The molecule has 0 atom stereocenters. The highest BCUT2D eigenvalue weighted by molar-refractivity contribution is 5.98. The van der Waals surface area contributed by atoms with E-state index in [1.54, 1.807) is 6.33 Å². The lowest BCUT2D eigenvalue weighted by Crippen LogP contribution is -2.48. The predicted octanol–water partition coefficient (Wildman–Crippen LogP) is 5.60. The number of carboxylic acids is 1. The summed E-state index contributed by atoms with van der Waals surface area (Å²) in [6, 6.07) is 18.9. The molecule has 1 aliphatic carbocycles. The number of rotatable bonds is 7. The molecule has 11 nitrogen and oxygen atoms in total. The number of ether oxygens (including phenoxy) is 1. The number of hydrogen-bond donors (Lipinski definition) is 3. The number of aliphatic carboxylic acids is 1. The molecule has 3 fully saturated rings. The number of piperazine rings is 1. The lowest BCUT2D eigenvalue weighted by atomic mass is 9.87. The van der Waals surface area contributed by atoms with Crippen LogP contribution in [-0.2, 0) is 4.79 Å². The van der Waals surface area contributed by atoms with Crippen molar-refractivity contribution < 1.29 is 27.8 Å². The Morgan fingerprint density at radius 1 is 0.878 bits per heavy atom. The van der Waals surface area contributed by atoms with Crippen LogP contribution in [0.15, 0.2) is 60.9 Å². The molecule has 1 saturated carbocycles. The third-order valence-corrected chi connectivity index (χ3v) is 9.77. The zero-order chi connectivity index (χ0) is 34.4. The van der Waals surface area contributed by atoms with Crippen LogP contribution in [0, 0.1) is 5.92 Å². The van der Waals surface area contributed by atoms with E-state index in [9.17, 15) is 13.2 Å². The fourth-order valence-electron chi connectivity index (χ4n) is 7.19. The van der Waals surface area contributed by atoms with Gasteiger partial charge >= 0.3 is 12.1 Å².